The van der Waals surface area contributed by atoms with Gasteiger partial charge in [-0.2, -0.15) is 0 Å². The average Bonchev–Trinajstić information content (AvgIpc) is 3.07. The first-order valence-electron chi connectivity index (χ1n) is 5.93. The highest BCUT2D eigenvalue weighted by molar-refractivity contribution is 7.68. The van der Waals surface area contributed by atoms with Crippen molar-refractivity contribution in [3.63, 3.8) is 0 Å². The van der Waals surface area contributed by atoms with Crippen LogP contribution >= 0.6 is 30.5 Å². The number of aryl methyl sites for hydroxylation is 1. The molecule has 0 radical (unpaired) electrons. The maximum atomic E-state index is 12.5. The SMILES string of the molecule is Cc1ccc(-c2ccc([P+](=O)c3ccccc3)s2)s1. The van der Waals surface area contributed by atoms with Crippen LogP contribution in [-0.4, -0.2) is 0 Å². The Morgan fingerprint density at radius 3 is 2.21 bits per heavy atom. The van der Waals surface area contributed by atoms with E-state index in [1.54, 1.807) is 22.7 Å². The van der Waals surface area contributed by atoms with Crippen LogP contribution in [0.25, 0.3) is 9.75 Å². The van der Waals surface area contributed by atoms with E-state index >= 15 is 0 Å². The zero-order chi connectivity index (χ0) is 13.2. The van der Waals surface area contributed by atoms with Crippen LogP contribution in [0.5, 0.6) is 0 Å². The number of thiophene rings is 2. The fourth-order valence-electron chi connectivity index (χ4n) is 1.83. The third-order valence-corrected chi connectivity index (χ3v) is 6.94. The molecule has 1 atom stereocenters. The molecule has 2 aromatic heterocycles. The van der Waals surface area contributed by atoms with Crippen molar-refractivity contribution in [1.82, 2.24) is 0 Å². The lowest BCUT2D eigenvalue weighted by molar-refractivity contribution is 0.598. The first-order valence-corrected chi connectivity index (χ1v) is 8.82. The molecule has 0 N–H and O–H groups in total. The molecule has 2 heterocycles. The van der Waals surface area contributed by atoms with Crippen LogP contribution < -0.4 is 9.92 Å². The van der Waals surface area contributed by atoms with Crippen molar-refractivity contribution in [3.8, 4) is 9.75 Å². The minimum atomic E-state index is -1.46. The van der Waals surface area contributed by atoms with Crippen LogP contribution in [-0.2, 0) is 4.57 Å². The van der Waals surface area contributed by atoms with Gasteiger partial charge in [-0.15, -0.1) is 11.3 Å². The Morgan fingerprint density at radius 2 is 1.53 bits per heavy atom. The lowest BCUT2D eigenvalue weighted by Gasteiger charge is -1.87. The maximum Gasteiger partial charge on any atom is 0.426 e. The lowest BCUT2D eigenvalue weighted by Crippen LogP contribution is -2.01. The van der Waals surface area contributed by atoms with E-state index in [2.05, 4.69) is 25.1 Å². The molecule has 0 bridgehead atoms. The van der Waals surface area contributed by atoms with Gasteiger partial charge < -0.3 is 0 Å². The predicted molar refractivity (Wildman–Crippen MR) is 85.7 cm³/mol. The topological polar surface area (TPSA) is 17.1 Å². The molecule has 0 amide bonds. The van der Waals surface area contributed by atoms with Crippen molar-refractivity contribution in [2.24, 2.45) is 0 Å². The molecule has 0 spiro atoms. The molecule has 19 heavy (non-hydrogen) atoms. The normalized spacial score (nSPS) is 11.5. The smallest absolute Gasteiger partial charge is 0.140 e. The van der Waals surface area contributed by atoms with E-state index in [0.29, 0.717) is 0 Å². The van der Waals surface area contributed by atoms with Crippen LogP contribution in [0.3, 0.4) is 0 Å². The van der Waals surface area contributed by atoms with E-state index < -0.39 is 7.80 Å². The molecule has 1 aromatic carbocycles. The van der Waals surface area contributed by atoms with Crippen LogP contribution in [0.1, 0.15) is 4.88 Å². The molecule has 0 aliphatic heterocycles. The molecular weight excluding hydrogens is 291 g/mol. The molecule has 0 saturated heterocycles. The minimum absolute atomic E-state index is 0.897. The van der Waals surface area contributed by atoms with Gasteiger partial charge in [-0.3, -0.25) is 0 Å². The third kappa shape index (κ3) is 2.69. The summed E-state index contributed by atoms with van der Waals surface area (Å²) in [7, 11) is -1.46. The molecule has 0 aliphatic carbocycles. The molecule has 0 fully saturated rings. The minimum Gasteiger partial charge on any atom is -0.140 e. The van der Waals surface area contributed by atoms with E-state index in [-0.39, 0.29) is 0 Å². The Hall–Kier alpha value is -1.28. The standard InChI is InChI=1S/C15H12OPS2/c1-11-7-8-13(18-11)14-9-10-15(19-14)17(16)12-5-3-2-4-6-12/h2-10H,1H3/q+1. The Kier molecular flexibility index (Phi) is 3.61. The summed E-state index contributed by atoms with van der Waals surface area (Å²) in [5.41, 5.74) is 0. The number of hydrogen-bond acceptors (Lipinski definition) is 3. The molecule has 4 heteroatoms. The van der Waals surface area contributed by atoms with Gasteiger partial charge in [0.1, 0.15) is 0 Å². The Balaban J connectivity index is 1.92. The van der Waals surface area contributed by atoms with Gasteiger partial charge in [0.15, 0.2) is 5.30 Å². The zero-order valence-corrected chi connectivity index (χ0v) is 12.9. The van der Waals surface area contributed by atoms with Gasteiger partial charge in [0, 0.05) is 20.7 Å². The predicted octanol–water partition coefficient (Wildman–Crippen LogP) is 4.56. The molecular formula is C15H12OPS2+. The number of rotatable bonds is 3. The van der Waals surface area contributed by atoms with Crippen LogP contribution in [0.15, 0.2) is 54.6 Å². The molecule has 3 aromatic rings. The van der Waals surface area contributed by atoms with E-state index in [9.17, 15) is 4.57 Å². The second kappa shape index (κ2) is 5.38. The summed E-state index contributed by atoms with van der Waals surface area (Å²) in [6.45, 7) is 2.10. The average molecular weight is 303 g/mol. The first kappa shape index (κ1) is 12.7. The summed E-state index contributed by atoms with van der Waals surface area (Å²) >= 11 is 3.41. The molecule has 1 unspecified atom stereocenters. The van der Waals surface area contributed by atoms with Gasteiger partial charge in [0.2, 0.25) is 4.62 Å². The molecule has 0 saturated carbocycles. The van der Waals surface area contributed by atoms with Gasteiger partial charge in [0.25, 0.3) is 0 Å². The van der Waals surface area contributed by atoms with Crippen molar-refractivity contribution >= 4 is 40.4 Å². The fourth-order valence-corrected chi connectivity index (χ4v) is 5.38. The van der Waals surface area contributed by atoms with Gasteiger partial charge in [-0.1, -0.05) is 34.1 Å². The van der Waals surface area contributed by atoms with E-state index in [4.69, 9.17) is 0 Å². The summed E-state index contributed by atoms with van der Waals surface area (Å²) in [6.07, 6.45) is 0. The summed E-state index contributed by atoms with van der Waals surface area (Å²) in [5, 5.41) is 0.897. The van der Waals surface area contributed by atoms with Crippen LogP contribution in [0.4, 0.5) is 0 Å². The lowest BCUT2D eigenvalue weighted by atomic mass is 10.4. The van der Waals surface area contributed by atoms with Gasteiger partial charge in [0.05, 0.1) is 0 Å². The summed E-state index contributed by atoms with van der Waals surface area (Å²) in [6, 6.07) is 18.0. The van der Waals surface area contributed by atoms with Crippen LogP contribution in [0.2, 0.25) is 0 Å². The zero-order valence-electron chi connectivity index (χ0n) is 10.4. The molecule has 1 nitrogen and oxygen atoms in total. The highest BCUT2D eigenvalue weighted by Gasteiger charge is 2.25. The van der Waals surface area contributed by atoms with E-state index in [1.165, 1.54) is 14.6 Å². The van der Waals surface area contributed by atoms with Crippen molar-refractivity contribution in [2.45, 2.75) is 6.92 Å². The van der Waals surface area contributed by atoms with Crippen molar-refractivity contribution in [3.05, 3.63) is 59.5 Å². The van der Waals surface area contributed by atoms with Gasteiger partial charge >= 0.3 is 7.80 Å². The van der Waals surface area contributed by atoms with Gasteiger partial charge in [-0.05, 0) is 37.3 Å². The Bertz CT molecular complexity index is 713. The Labute approximate surface area is 121 Å². The quantitative estimate of drug-likeness (QED) is 0.648. The van der Waals surface area contributed by atoms with Gasteiger partial charge in [-0.25, -0.2) is 0 Å². The van der Waals surface area contributed by atoms with Crippen molar-refractivity contribution in [2.75, 3.05) is 0 Å². The fraction of sp³-hybridized carbons (Fsp3) is 0.0667. The largest absolute Gasteiger partial charge is 0.426 e. The number of benzene rings is 1. The highest BCUT2D eigenvalue weighted by Crippen LogP contribution is 2.34. The summed E-state index contributed by atoms with van der Waals surface area (Å²) < 4.78 is 13.4. The Morgan fingerprint density at radius 1 is 0.842 bits per heavy atom. The molecule has 94 valence electrons. The van der Waals surface area contributed by atoms with Crippen molar-refractivity contribution in [1.29, 1.82) is 0 Å². The molecule has 0 aliphatic rings. The maximum absolute atomic E-state index is 12.5. The van der Waals surface area contributed by atoms with E-state index in [1.807, 2.05) is 36.4 Å². The number of hydrogen-bond donors (Lipinski definition) is 0. The van der Waals surface area contributed by atoms with Crippen molar-refractivity contribution < 1.29 is 4.57 Å². The third-order valence-electron chi connectivity index (χ3n) is 2.77. The summed E-state index contributed by atoms with van der Waals surface area (Å²) in [5.74, 6) is 0. The highest BCUT2D eigenvalue weighted by atomic mass is 32.1. The monoisotopic (exact) mass is 303 g/mol. The first-order chi connectivity index (χ1) is 9.24. The summed E-state index contributed by atoms with van der Waals surface area (Å²) in [4.78, 5) is 3.76. The van der Waals surface area contributed by atoms with E-state index in [0.717, 1.165) is 9.92 Å². The van der Waals surface area contributed by atoms with Crippen LogP contribution in [0, 0.1) is 6.92 Å². The molecule has 3 rings (SSSR count). The second-order valence-electron chi connectivity index (χ2n) is 4.18. The second-order valence-corrected chi connectivity index (χ2v) is 8.44.